The first-order chi connectivity index (χ1) is 18.3. The van der Waals surface area contributed by atoms with Crippen molar-refractivity contribution in [2.75, 3.05) is 31.5 Å². The molecule has 2 unspecified atom stereocenters. The van der Waals surface area contributed by atoms with E-state index in [1.165, 1.54) is 6.07 Å². The highest BCUT2D eigenvalue weighted by molar-refractivity contribution is 5.83. The highest BCUT2D eigenvalue weighted by Crippen LogP contribution is 2.38. The van der Waals surface area contributed by atoms with Crippen LogP contribution in [0.15, 0.2) is 36.7 Å². The Hall–Kier alpha value is -3.50. The van der Waals surface area contributed by atoms with Crippen molar-refractivity contribution in [3.63, 3.8) is 0 Å². The summed E-state index contributed by atoms with van der Waals surface area (Å²) in [5.74, 6) is 2.01. The molecule has 3 aromatic heterocycles. The molecule has 10 heteroatoms. The molecule has 1 aromatic carbocycles. The quantitative estimate of drug-likeness (QED) is 0.411. The largest absolute Gasteiger partial charge is 0.322 e. The third-order valence-electron chi connectivity index (χ3n) is 8.30. The summed E-state index contributed by atoms with van der Waals surface area (Å²) in [5.41, 5.74) is 2.29. The van der Waals surface area contributed by atoms with Gasteiger partial charge in [0.15, 0.2) is 11.6 Å². The summed E-state index contributed by atoms with van der Waals surface area (Å²) in [5, 5.41) is 6.54. The van der Waals surface area contributed by atoms with Crippen molar-refractivity contribution in [2.45, 2.75) is 38.8 Å². The van der Waals surface area contributed by atoms with Gasteiger partial charge in [-0.2, -0.15) is 0 Å². The minimum absolute atomic E-state index is 0.0281. The van der Waals surface area contributed by atoms with Gasteiger partial charge < -0.3 is 15.2 Å². The predicted molar refractivity (Wildman–Crippen MR) is 141 cm³/mol. The van der Waals surface area contributed by atoms with Crippen molar-refractivity contribution in [1.29, 1.82) is 0 Å². The molecule has 4 aromatic rings. The Labute approximate surface area is 219 Å². The summed E-state index contributed by atoms with van der Waals surface area (Å²) in [4.78, 5) is 20.0. The van der Waals surface area contributed by atoms with Crippen LogP contribution in [0.25, 0.3) is 22.3 Å². The van der Waals surface area contributed by atoms with Crippen molar-refractivity contribution in [1.82, 2.24) is 34.7 Å². The van der Waals surface area contributed by atoms with E-state index < -0.39 is 11.6 Å². The highest BCUT2D eigenvalue weighted by atomic mass is 19.1. The van der Waals surface area contributed by atoms with Gasteiger partial charge in [-0.3, -0.25) is 4.90 Å². The number of halogens is 2. The van der Waals surface area contributed by atoms with Crippen LogP contribution >= 0.6 is 0 Å². The molecule has 0 spiro atoms. The van der Waals surface area contributed by atoms with Gasteiger partial charge in [-0.1, -0.05) is 6.07 Å². The second-order valence-corrected chi connectivity index (χ2v) is 11.4. The molecule has 0 aliphatic carbocycles. The molecule has 38 heavy (non-hydrogen) atoms. The van der Waals surface area contributed by atoms with E-state index in [4.69, 9.17) is 0 Å². The summed E-state index contributed by atoms with van der Waals surface area (Å²) in [6, 6.07) is 6.98. The van der Waals surface area contributed by atoms with Crippen molar-refractivity contribution >= 4 is 22.8 Å². The fourth-order valence-electron chi connectivity index (χ4n) is 6.37. The van der Waals surface area contributed by atoms with E-state index in [1.807, 2.05) is 18.3 Å². The first-order valence-electron chi connectivity index (χ1n) is 13.2. The van der Waals surface area contributed by atoms with Gasteiger partial charge in [0.1, 0.15) is 22.9 Å². The van der Waals surface area contributed by atoms with Crippen LogP contribution in [-0.4, -0.2) is 55.6 Å². The van der Waals surface area contributed by atoms with Crippen molar-refractivity contribution in [3.05, 3.63) is 59.7 Å². The lowest BCUT2D eigenvalue weighted by Gasteiger charge is -2.22. The summed E-state index contributed by atoms with van der Waals surface area (Å²) >= 11 is 0. The maximum atomic E-state index is 15.1. The maximum Gasteiger partial charge on any atom is 0.229 e. The Morgan fingerprint density at radius 3 is 2.61 bits per heavy atom. The number of imidazole rings is 1. The van der Waals surface area contributed by atoms with E-state index in [2.05, 4.69) is 53.9 Å². The second-order valence-electron chi connectivity index (χ2n) is 11.4. The van der Waals surface area contributed by atoms with Crippen LogP contribution in [0.5, 0.6) is 0 Å². The standard InChI is InChI=1S/C28H30F2N8/c1-28(2)6-5-24-35-26-20(29)7-17(8-22(26)38(24)28)25-21(30)12-33-27(36-25)34-23-4-3-16(9-32-23)13-37-14-18-10-31-11-19(18)15-37/h3-4,7-9,12,18-19,31H,5-6,10-11,13-15H2,1-2H3,(H,32,33,34,36). The number of aryl methyl sites for hydroxylation is 1. The lowest BCUT2D eigenvalue weighted by Crippen LogP contribution is -2.25. The summed E-state index contributed by atoms with van der Waals surface area (Å²) in [6.07, 6.45) is 4.67. The summed E-state index contributed by atoms with van der Waals surface area (Å²) in [7, 11) is 0. The maximum absolute atomic E-state index is 15.1. The topological polar surface area (TPSA) is 83.8 Å². The second kappa shape index (κ2) is 8.78. The van der Waals surface area contributed by atoms with E-state index in [0.29, 0.717) is 22.4 Å². The van der Waals surface area contributed by atoms with E-state index in [0.717, 1.165) is 75.0 Å². The van der Waals surface area contributed by atoms with Crippen LogP contribution in [0, 0.1) is 23.5 Å². The number of likely N-dealkylation sites (tertiary alicyclic amines) is 1. The van der Waals surface area contributed by atoms with Crippen LogP contribution in [0.1, 0.15) is 31.7 Å². The molecular weight excluding hydrogens is 486 g/mol. The van der Waals surface area contributed by atoms with Gasteiger partial charge in [0, 0.05) is 43.4 Å². The van der Waals surface area contributed by atoms with Crippen molar-refractivity contribution in [2.24, 2.45) is 11.8 Å². The number of rotatable bonds is 5. The van der Waals surface area contributed by atoms with Gasteiger partial charge in [-0.15, -0.1) is 0 Å². The number of fused-ring (bicyclic) bond motifs is 4. The van der Waals surface area contributed by atoms with E-state index in [1.54, 1.807) is 6.07 Å². The zero-order chi connectivity index (χ0) is 26.0. The molecule has 0 radical (unpaired) electrons. The van der Waals surface area contributed by atoms with Crippen LogP contribution in [0.2, 0.25) is 0 Å². The Bertz CT molecular complexity index is 1520. The van der Waals surface area contributed by atoms with Gasteiger partial charge in [0.25, 0.3) is 0 Å². The normalized spacial score (nSPS) is 22.2. The number of nitrogens with one attached hydrogen (secondary N) is 2. The average Bonchev–Trinajstić information content (AvgIpc) is 3.64. The average molecular weight is 517 g/mol. The van der Waals surface area contributed by atoms with Gasteiger partial charge in [0.2, 0.25) is 5.95 Å². The number of nitrogens with zero attached hydrogens (tertiary/aromatic N) is 6. The summed E-state index contributed by atoms with van der Waals surface area (Å²) < 4.78 is 32.0. The Kier molecular flexibility index (Phi) is 5.45. The molecule has 196 valence electrons. The van der Waals surface area contributed by atoms with Crippen molar-refractivity contribution in [3.8, 4) is 11.3 Å². The zero-order valence-corrected chi connectivity index (χ0v) is 21.5. The van der Waals surface area contributed by atoms with Gasteiger partial charge in [-0.05, 0) is 69.0 Å². The van der Waals surface area contributed by atoms with Crippen LogP contribution in [0.3, 0.4) is 0 Å². The van der Waals surface area contributed by atoms with Gasteiger partial charge in [0.05, 0.1) is 11.7 Å². The number of benzene rings is 1. The predicted octanol–water partition coefficient (Wildman–Crippen LogP) is 4.24. The molecule has 0 amide bonds. The fourth-order valence-corrected chi connectivity index (χ4v) is 6.37. The number of hydrogen-bond donors (Lipinski definition) is 2. The number of anilines is 2. The zero-order valence-electron chi connectivity index (χ0n) is 21.5. The number of pyridine rings is 1. The van der Waals surface area contributed by atoms with E-state index >= 15 is 4.39 Å². The Balaban J connectivity index is 1.12. The molecular formula is C28H30F2N8. The minimum Gasteiger partial charge on any atom is -0.322 e. The van der Waals surface area contributed by atoms with E-state index in [-0.39, 0.29) is 17.2 Å². The van der Waals surface area contributed by atoms with Gasteiger partial charge in [-0.25, -0.2) is 28.7 Å². The minimum atomic E-state index is -0.622. The molecule has 2 atom stereocenters. The number of aromatic nitrogens is 5. The Morgan fingerprint density at radius 2 is 1.84 bits per heavy atom. The monoisotopic (exact) mass is 516 g/mol. The van der Waals surface area contributed by atoms with Crippen LogP contribution in [-0.2, 0) is 18.5 Å². The first-order valence-corrected chi connectivity index (χ1v) is 13.2. The molecule has 0 saturated carbocycles. The fraction of sp³-hybridized carbons (Fsp3) is 0.429. The molecule has 2 fully saturated rings. The molecule has 6 heterocycles. The molecule has 3 aliphatic rings. The van der Waals surface area contributed by atoms with Crippen LogP contribution < -0.4 is 10.6 Å². The molecule has 2 N–H and O–H groups in total. The Morgan fingerprint density at radius 1 is 1.03 bits per heavy atom. The van der Waals surface area contributed by atoms with Gasteiger partial charge >= 0.3 is 0 Å². The highest BCUT2D eigenvalue weighted by Gasteiger charge is 2.36. The lowest BCUT2D eigenvalue weighted by atomic mass is 10.0. The summed E-state index contributed by atoms with van der Waals surface area (Å²) in [6.45, 7) is 9.56. The SMILES string of the molecule is CC1(C)CCc2nc3c(F)cc(-c4nc(Nc5ccc(CN6CC7CNCC7C6)cn5)ncc4F)cc3n21. The van der Waals surface area contributed by atoms with Crippen LogP contribution in [0.4, 0.5) is 20.5 Å². The van der Waals surface area contributed by atoms with E-state index in [9.17, 15) is 4.39 Å². The third kappa shape index (κ3) is 4.03. The first kappa shape index (κ1) is 23.6. The molecule has 7 rings (SSSR count). The number of hydrogen-bond acceptors (Lipinski definition) is 7. The molecule has 0 bridgehead atoms. The smallest absolute Gasteiger partial charge is 0.229 e. The molecule has 3 aliphatic heterocycles. The molecule has 2 saturated heterocycles. The van der Waals surface area contributed by atoms with Crippen molar-refractivity contribution < 1.29 is 8.78 Å². The third-order valence-corrected chi connectivity index (χ3v) is 8.30. The molecule has 8 nitrogen and oxygen atoms in total. The lowest BCUT2D eigenvalue weighted by molar-refractivity contribution is 0.305.